The van der Waals surface area contributed by atoms with Crippen LogP contribution in [0.5, 0.6) is 0 Å². The van der Waals surface area contributed by atoms with Gasteiger partial charge in [-0.25, -0.2) is 0 Å². The summed E-state index contributed by atoms with van der Waals surface area (Å²) in [6.07, 6.45) is 1.47. The maximum atomic E-state index is 12.2. The molecular weight excluding hydrogens is 298 g/mol. The molecule has 0 bridgehead atoms. The van der Waals surface area contributed by atoms with Gasteiger partial charge in [-0.3, -0.25) is 15.2 Å². The van der Waals surface area contributed by atoms with Gasteiger partial charge in [-0.1, -0.05) is 35.1 Å². The maximum absolute atomic E-state index is 12.2. The van der Waals surface area contributed by atoms with E-state index >= 15 is 0 Å². The third kappa shape index (κ3) is 2.54. The SMILES string of the molecule is O=C(Nc1nncs1)c1cn[nH]c1-c1ccc(Cl)cc1. The number of aromatic amines is 1. The minimum absolute atomic E-state index is 0.291. The van der Waals surface area contributed by atoms with Crippen LogP contribution in [0.4, 0.5) is 5.13 Å². The molecule has 2 aromatic heterocycles. The molecule has 0 saturated carbocycles. The van der Waals surface area contributed by atoms with Crippen molar-refractivity contribution in [2.24, 2.45) is 0 Å². The summed E-state index contributed by atoms with van der Waals surface area (Å²) in [5.74, 6) is -0.291. The molecule has 20 heavy (non-hydrogen) atoms. The van der Waals surface area contributed by atoms with E-state index in [-0.39, 0.29) is 5.91 Å². The summed E-state index contributed by atoms with van der Waals surface area (Å²) < 4.78 is 0. The van der Waals surface area contributed by atoms with Gasteiger partial charge in [0, 0.05) is 10.6 Å². The van der Waals surface area contributed by atoms with Crippen LogP contribution in [0, 0.1) is 0 Å². The van der Waals surface area contributed by atoms with Crippen molar-refractivity contribution >= 4 is 34.0 Å². The number of amides is 1. The number of benzene rings is 1. The molecule has 2 heterocycles. The molecular formula is C12H8ClN5OS. The Morgan fingerprint density at radius 2 is 2.10 bits per heavy atom. The van der Waals surface area contributed by atoms with Gasteiger partial charge in [0.1, 0.15) is 5.51 Å². The lowest BCUT2D eigenvalue weighted by Crippen LogP contribution is -2.12. The zero-order chi connectivity index (χ0) is 13.9. The van der Waals surface area contributed by atoms with Gasteiger partial charge in [-0.15, -0.1) is 10.2 Å². The summed E-state index contributed by atoms with van der Waals surface area (Å²) >= 11 is 7.10. The van der Waals surface area contributed by atoms with Gasteiger partial charge in [0.2, 0.25) is 5.13 Å². The molecule has 1 amide bonds. The Balaban J connectivity index is 1.90. The molecule has 0 fully saturated rings. The van der Waals surface area contributed by atoms with Crippen LogP contribution in [0.1, 0.15) is 10.4 Å². The number of nitrogens with zero attached hydrogens (tertiary/aromatic N) is 3. The van der Waals surface area contributed by atoms with E-state index in [0.717, 1.165) is 5.56 Å². The smallest absolute Gasteiger partial charge is 0.261 e. The number of anilines is 1. The average molecular weight is 306 g/mol. The second-order valence-electron chi connectivity index (χ2n) is 3.86. The van der Waals surface area contributed by atoms with E-state index in [1.165, 1.54) is 17.5 Å². The number of rotatable bonds is 3. The van der Waals surface area contributed by atoms with E-state index in [9.17, 15) is 4.79 Å². The molecule has 8 heteroatoms. The molecule has 0 unspecified atom stereocenters. The van der Waals surface area contributed by atoms with Crippen molar-refractivity contribution in [1.29, 1.82) is 0 Å². The summed E-state index contributed by atoms with van der Waals surface area (Å²) in [5, 5.41) is 17.9. The largest absolute Gasteiger partial charge is 0.296 e. The van der Waals surface area contributed by atoms with Crippen molar-refractivity contribution in [2.75, 3.05) is 5.32 Å². The molecule has 3 aromatic rings. The number of hydrogen-bond donors (Lipinski definition) is 2. The fourth-order valence-corrected chi connectivity index (χ4v) is 2.25. The third-order valence-corrected chi connectivity index (χ3v) is 3.46. The Bertz CT molecular complexity index is 723. The minimum Gasteiger partial charge on any atom is -0.296 e. The Morgan fingerprint density at radius 3 is 2.80 bits per heavy atom. The molecule has 0 saturated heterocycles. The zero-order valence-electron chi connectivity index (χ0n) is 10.0. The van der Waals surface area contributed by atoms with Gasteiger partial charge in [-0.2, -0.15) is 5.10 Å². The second kappa shape index (κ2) is 5.40. The molecule has 1 aromatic carbocycles. The van der Waals surface area contributed by atoms with Crippen molar-refractivity contribution in [3.05, 3.63) is 46.6 Å². The topological polar surface area (TPSA) is 83.6 Å². The first kappa shape index (κ1) is 12.8. The van der Waals surface area contributed by atoms with Gasteiger partial charge in [0.25, 0.3) is 5.91 Å². The maximum Gasteiger partial charge on any atom is 0.261 e. The molecule has 2 N–H and O–H groups in total. The normalized spacial score (nSPS) is 10.4. The van der Waals surface area contributed by atoms with E-state index in [0.29, 0.717) is 21.4 Å². The summed E-state index contributed by atoms with van der Waals surface area (Å²) in [5.41, 5.74) is 3.44. The lowest BCUT2D eigenvalue weighted by Gasteiger charge is -2.03. The first-order valence-electron chi connectivity index (χ1n) is 5.61. The number of carbonyl (C=O) groups excluding carboxylic acids is 1. The number of carbonyl (C=O) groups is 1. The third-order valence-electron chi connectivity index (χ3n) is 2.60. The van der Waals surface area contributed by atoms with Crippen LogP contribution < -0.4 is 5.32 Å². The van der Waals surface area contributed by atoms with Gasteiger partial charge in [0.05, 0.1) is 17.5 Å². The fourth-order valence-electron chi connectivity index (χ4n) is 1.69. The second-order valence-corrected chi connectivity index (χ2v) is 5.13. The first-order valence-corrected chi connectivity index (χ1v) is 6.86. The standard InChI is InChI=1S/C12H8ClN5OS/c13-8-3-1-7(2-4-8)10-9(5-14-17-10)11(19)16-12-18-15-6-20-12/h1-6H,(H,14,17)(H,16,18,19). The Kier molecular flexibility index (Phi) is 3.44. The summed E-state index contributed by atoms with van der Waals surface area (Å²) in [6, 6.07) is 7.14. The molecule has 0 aliphatic carbocycles. The predicted octanol–water partition coefficient (Wildman–Crippen LogP) is 2.83. The lowest BCUT2D eigenvalue weighted by atomic mass is 10.1. The first-order chi connectivity index (χ1) is 9.74. The van der Waals surface area contributed by atoms with Gasteiger partial charge >= 0.3 is 0 Å². The van der Waals surface area contributed by atoms with E-state index < -0.39 is 0 Å². The fraction of sp³-hybridized carbons (Fsp3) is 0. The van der Waals surface area contributed by atoms with Crippen LogP contribution >= 0.6 is 22.9 Å². The molecule has 3 rings (SSSR count). The molecule has 0 aliphatic rings. The van der Waals surface area contributed by atoms with Gasteiger partial charge < -0.3 is 0 Å². The van der Waals surface area contributed by atoms with E-state index in [1.807, 2.05) is 12.1 Å². The summed E-state index contributed by atoms with van der Waals surface area (Å²) in [4.78, 5) is 12.2. The highest BCUT2D eigenvalue weighted by Gasteiger charge is 2.16. The molecule has 0 radical (unpaired) electrons. The molecule has 100 valence electrons. The Labute approximate surface area is 122 Å². The van der Waals surface area contributed by atoms with Crippen molar-refractivity contribution in [1.82, 2.24) is 20.4 Å². The number of hydrogen-bond acceptors (Lipinski definition) is 5. The molecule has 0 spiro atoms. The highest BCUT2D eigenvalue weighted by atomic mass is 35.5. The molecule has 0 aliphatic heterocycles. The summed E-state index contributed by atoms with van der Waals surface area (Å²) in [7, 11) is 0. The average Bonchev–Trinajstić information content (AvgIpc) is 3.10. The van der Waals surface area contributed by atoms with Crippen molar-refractivity contribution in [3.8, 4) is 11.3 Å². The van der Waals surface area contributed by atoms with Crippen molar-refractivity contribution in [2.45, 2.75) is 0 Å². The number of aromatic nitrogens is 4. The summed E-state index contributed by atoms with van der Waals surface area (Å²) in [6.45, 7) is 0. The molecule has 0 atom stereocenters. The minimum atomic E-state index is -0.291. The van der Waals surface area contributed by atoms with Crippen LogP contribution in [-0.4, -0.2) is 26.3 Å². The number of halogens is 1. The monoisotopic (exact) mass is 305 g/mol. The van der Waals surface area contributed by atoms with Gasteiger partial charge in [0.15, 0.2) is 0 Å². The Morgan fingerprint density at radius 1 is 1.30 bits per heavy atom. The number of nitrogens with one attached hydrogen (secondary N) is 2. The van der Waals surface area contributed by atoms with Crippen molar-refractivity contribution in [3.63, 3.8) is 0 Å². The van der Waals surface area contributed by atoms with E-state index in [1.54, 1.807) is 17.6 Å². The predicted molar refractivity (Wildman–Crippen MR) is 76.9 cm³/mol. The van der Waals surface area contributed by atoms with Crippen LogP contribution in [0.3, 0.4) is 0 Å². The quantitative estimate of drug-likeness (QED) is 0.779. The van der Waals surface area contributed by atoms with Crippen LogP contribution in [-0.2, 0) is 0 Å². The van der Waals surface area contributed by atoms with Crippen LogP contribution in [0.2, 0.25) is 5.02 Å². The highest BCUT2D eigenvalue weighted by Crippen LogP contribution is 2.23. The molecule has 6 nitrogen and oxygen atoms in total. The van der Waals surface area contributed by atoms with Crippen LogP contribution in [0.25, 0.3) is 11.3 Å². The number of H-pyrrole nitrogens is 1. The lowest BCUT2D eigenvalue weighted by molar-refractivity contribution is 0.102. The van der Waals surface area contributed by atoms with E-state index in [4.69, 9.17) is 11.6 Å². The Hall–Kier alpha value is -2.25. The highest BCUT2D eigenvalue weighted by molar-refractivity contribution is 7.13. The van der Waals surface area contributed by atoms with Crippen LogP contribution in [0.15, 0.2) is 36.0 Å². The van der Waals surface area contributed by atoms with E-state index in [2.05, 4.69) is 25.7 Å². The zero-order valence-corrected chi connectivity index (χ0v) is 11.6. The van der Waals surface area contributed by atoms with Gasteiger partial charge in [-0.05, 0) is 12.1 Å². The van der Waals surface area contributed by atoms with Crippen molar-refractivity contribution < 1.29 is 4.79 Å².